The molecule has 0 bridgehead atoms. The Morgan fingerprint density at radius 3 is 2.44 bits per heavy atom. The Kier molecular flexibility index (Phi) is 5.37. The molecule has 3 aromatic rings. The second kappa shape index (κ2) is 7.52. The average Bonchev–Trinajstić information content (AvgIpc) is 2.96. The normalized spacial score (nSPS) is 13.3. The minimum atomic E-state index is -1.12. The Bertz CT molecular complexity index is 825. The van der Waals surface area contributed by atoms with Crippen LogP contribution < -0.4 is 0 Å². The molecule has 3 rings (SSSR count). The van der Waals surface area contributed by atoms with Crippen molar-refractivity contribution in [1.82, 2.24) is 9.78 Å². The molecular formula is C20H26N2O2Si. The smallest absolute Gasteiger partial charge is 0.139 e. The van der Waals surface area contributed by atoms with Gasteiger partial charge >= 0.3 is 0 Å². The molecule has 0 aliphatic carbocycles. The van der Waals surface area contributed by atoms with Gasteiger partial charge in [0.05, 0.1) is 11.2 Å². The van der Waals surface area contributed by atoms with Crippen LogP contribution in [-0.4, -0.2) is 29.6 Å². The topological polar surface area (TPSA) is 47.3 Å². The van der Waals surface area contributed by atoms with Gasteiger partial charge in [0, 0.05) is 20.1 Å². The number of benzene rings is 2. The minimum absolute atomic E-state index is 0.360. The zero-order chi connectivity index (χ0) is 17.9. The molecule has 4 nitrogen and oxygen atoms in total. The number of aliphatic hydroxyl groups excluding tert-OH is 1. The van der Waals surface area contributed by atoms with Crippen molar-refractivity contribution in [3.8, 4) is 0 Å². The summed E-state index contributed by atoms with van der Waals surface area (Å²) < 4.78 is 7.67. The summed E-state index contributed by atoms with van der Waals surface area (Å²) in [4.78, 5) is 0. The predicted molar refractivity (Wildman–Crippen MR) is 104 cm³/mol. The molecule has 0 radical (unpaired) electrons. The van der Waals surface area contributed by atoms with E-state index in [2.05, 4.69) is 24.7 Å². The van der Waals surface area contributed by atoms with Crippen molar-refractivity contribution in [1.29, 1.82) is 0 Å². The van der Waals surface area contributed by atoms with Crippen LogP contribution >= 0.6 is 0 Å². The molecule has 1 unspecified atom stereocenters. The quantitative estimate of drug-likeness (QED) is 0.504. The molecule has 1 atom stereocenters. The zero-order valence-corrected chi connectivity index (χ0v) is 16.1. The van der Waals surface area contributed by atoms with Gasteiger partial charge in [-0.2, -0.15) is 5.10 Å². The van der Waals surface area contributed by atoms with Crippen LogP contribution in [0.5, 0.6) is 0 Å². The van der Waals surface area contributed by atoms with Crippen LogP contribution in [0.4, 0.5) is 0 Å². The number of hydrogen-bond donors (Lipinski definition) is 1. The van der Waals surface area contributed by atoms with Crippen LogP contribution in [0.25, 0.3) is 10.9 Å². The number of ether oxygens (including phenoxy) is 1. The van der Waals surface area contributed by atoms with Crippen LogP contribution in [0.15, 0.2) is 54.6 Å². The lowest BCUT2D eigenvalue weighted by Gasteiger charge is -2.17. The van der Waals surface area contributed by atoms with Crippen LogP contribution in [0.3, 0.4) is 0 Å². The molecule has 0 aliphatic heterocycles. The Balaban J connectivity index is 1.87. The summed E-state index contributed by atoms with van der Waals surface area (Å²) in [5.74, 6) is 0. The van der Waals surface area contributed by atoms with Crippen LogP contribution in [0, 0.1) is 0 Å². The summed E-state index contributed by atoms with van der Waals surface area (Å²) in [7, 11) is -1.12. The van der Waals surface area contributed by atoms with E-state index < -0.39 is 14.2 Å². The lowest BCUT2D eigenvalue weighted by Crippen LogP contribution is -2.22. The highest BCUT2D eigenvalue weighted by atomic mass is 28.3. The minimum Gasteiger partial charge on any atom is -0.382 e. The van der Waals surface area contributed by atoms with Crippen molar-refractivity contribution in [3.05, 3.63) is 65.9 Å². The number of aliphatic hydroxyl groups is 1. The van der Waals surface area contributed by atoms with E-state index in [0.29, 0.717) is 6.73 Å². The third-order valence-electron chi connectivity index (χ3n) is 4.27. The fourth-order valence-corrected chi connectivity index (χ4v) is 3.57. The average molecular weight is 355 g/mol. The van der Waals surface area contributed by atoms with Gasteiger partial charge < -0.3 is 9.84 Å². The van der Waals surface area contributed by atoms with Gasteiger partial charge in [-0.25, -0.2) is 4.68 Å². The van der Waals surface area contributed by atoms with Gasteiger partial charge in [0.1, 0.15) is 12.8 Å². The first-order valence-corrected chi connectivity index (χ1v) is 12.4. The summed E-state index contributed by atoms with van der Waals surface area (Å²) in [6.45, 7) is 8.10. The second-order valence-electron chi connectivity index (χ2n) is 7.56. The third-order valence-corrected chi connectivity index (χ3v) is 5.97. The summed E-state index contributed by atoms with van der Waals surface area (Å²) in [6, 6.07) is 18.7. The Labute approximate surface area is 150 Å². The number of fused-ring (bicyclic) bond motifs is 1. The van der Waals surface area contributed by atoms with E-state index >= 15 is 0 Å². The number of rotatable bonds is 7. The predicted octanol–water partition coefficient (Wildman–Crippen LogP) is 4.43. The van der Waals surface area contributed by atoms with Gasteiger partial charge in [-0.15, -0.1) is 0 Å². The molecule has 0 amide bonds. The highest BCUT2D eigenvalue weighted by molar-refractivity contribution is 6.76. The van der Waals surface area contributed by atoms with Crippen LogP contribution in [-0.2, 0) is 11.5 Å². The largest absolute Gasteiger partial charge is 0.382 e. The monoisotopic (exact) mass is 354 g/mol. The van der Waals surface area contributed by atoms with Crippen molar-refractivity contribution >= 4 is 19.0 Å². The molecular weight excluding hydrogens is 328 g/mol. The SMILES string of the molecule is C[Si](C)(C)CCOCn1nc2ccccc2c1C(O)c1ccccc1. The molecule has 0 saturated heterocycles. The lowest BCUT2D eigenvalue weighted by atomic mass is 10.0. The summed E-state index contributed by atoms with van der Waals surface area (Å²) in [5.41, 5.74) is 2.52. The first-order valence-electron chi connectivity index (χ1n) is 8.72. The standard InChI is InChI=1S/C20H26N2O2Si/c1-25(2,3)14-13-24-15-22-19(17-11-7-8-12-18(17)21-22)20(23)16-9-5-4-6-10-16/h4-12,20,23H,13-15H2,1-3H3. The van der Waals surface area contributed by atoms with Gasteiger partial charge in [0.25, 0.3) is 0 Å². The van der Waals surface area contributed by atoms with Crippen molar-refractivity contribution in [3.63, 3.8) is 0 Å². The molecule has 0 fully saturated rings. The second-order valence-corrected chi connectivity index (χ2v) is 13.2. The third kappa shape index (κ3) is 4.37. The fourth-order valence-electron chi connectivity index (χ4n) is 2.81. The Morgan fingerprint density at radius 2 is 1.72 bits per heavy atom. The maximum atomic E-state index is 10.9. The highest BCUT2D eigenvalue weighted by Crippen LogP contribution is 2.29. The van der Waals surface area contributed by atoms with Gasteiger partial charge in [-0.1, -0.05) is 68.2 Å². The Morgan fingerprint density at radius 1 is 1.04 bits per heavy atom. The number of hydrogen-bond acceptors (Lipinski definition) is 3. The molecule has 132 valence electrons. The van der Waals surface area contributed by atoms with Crippen molar-refractivity contribution in [2.45, 2.75) is 38.5 Å². The van der Waals surface area contributed by atoms with Crippen molar-refractivity contribution < 1.29 is 9.84 Å². The first-order chi connectivity index (χ1) is 12.0. The van der Waals surface area contributed by atoms with Gasteiger partial charge in [0.2, 0.25) is 0 Å². The molecule has 1 aromatic heterocycles. The molecule has 1 heterocycles. The van der Waals surface area contributed by atoms with Gasteiger partial charge in [-0.3, -0.25) is 0 Å². The van der Waals surface area contributed by atoms with Crippen LogP contribution in [0.2, 0.25) is 25.7 Å². The molecule has 2 aromatic carbocycles. The fraction of sp³-hybridized carbons (Fsp3) is 0.350. The van der Waals surface area contributed by atoms with E-state index in [-0.39, 0.29) is 0 Å². The molecule has 0 aliphatic rings. The highest BCUT2D eigenvalue weighted by Gasteiger charge is 2.20. The molecule has 0 spiro atoms. The number of aromatic nitrogens is 2. The molecule has 5 heteroatoms. The maximum Gasteiger partial charge on any atom is 0.139 e. The zero-order valence-electron chi connectivity index (χ0n) is 15.1. The molecule has 25 heavy (non-hydrogen) atoms. The summed E-state index contributed by atoms with van der Waals surface area (Å²) >= 11 is 0. The maximum absolute atomic E-state index is 10.9. The summed E-state index contributed by atoms with van der Waals surface area (Å²) in [6.07, 6.45) is -0.728. The van der Waals surface area contributed by atoms with E-state index in [1.807, 2.05) is 54.6 Å². The van der Waals surface area contributed by atoms with E-state index in [4.69, 9.17) is 4.74 Å². The number of nitrogens with zero attached hydrogens (tertiary/aromatic N) is 2. The van der Waals surface area contributed by atoms with E-state index in [1.165, 1.54) is 0 Å². The van der Waals surface area contributed by atoms with E-state index in [0.717, 1.165) is 34.8 Å². The lowest BCUT2D eigenvalue weighted by molar-refractivity contribution is 0.0710. The van der Waals surface area contributed by atoms with Gasteiger partial charge in [0.15, 0.2) is 0 Å². The Hall–Kier alpha value is -1.95. The van der Waals surface area contributed by atoms with E-state index in [9.17, 15) is 5.11 Å². The molecule has 0 saturated carbocycles. The van der Waals surface area contributed by atoms with Crippen LogP contribution in [0.1, 0.15) is 17.4 Å². The summed E-state index contributed by atoms with van der Waals surface area (Å²) in [5, 5.41) is 16.5. The van der Waals surface area contributed by atoms with E-state index in [1.54, 1.807) is 4.68 Å². The first kappa shape index (κ1) is 17.9. The van der Waals surface area contributed by atoms with Crippen molar-refractivity contribution in [2.75, 3.05) is 6.61 Å². The van der Waals surface area contributed by atoms with Gasteiger partial charge in [-0.05, 0) is 17.7 Å². The van der Waals surface area contributed by atoms with Crippen molar-refractivity contribution in [2.24, 2.45) is 0 Å². The molecule has 1 N–H and O–H groups in total.